The van der Waals surface area contributed by atoms with E-state index >= 15 is 0 Å². The lowest BCUT2D eigenvalue weighted by atomic mass is 10.0. The first kappa shape index (κ1) is 29.9. The molecule has 38 heavy (non-hydrogen) atoms. The van der Waals surface area contributed by atoms with Gasteiger partial charge >= 0.3 is 0 Å². The Balaban J connectivity index is 2.02. The summed E-state index contributed by atoms with van der Waals surface area (Å²) in [6.45, 7) is 2.13. The molecule has 0 aromatic heterocycles. The molecule has 1 N–H and O–H groups in total. The van der Waals surface area contributed by atoms with Crippen LogP contribution in [-0.4, -0.2) is 50.5 Å². The summed E-state index contributed by atoms with van der Waals surface area (Å²) >= 11 is 6.79. The maximum atomic E-state index is 13.9. The van der Waals surface area contributed by atoms with E-state index < -0.39 is 28.5 Å². The summed E-state index contributed by atoms with van der Waals surface area (Å²) in [7, 11) is -3.79. The van der Waals surface area contributed by atoms with Crippen LogP contribution < -0.4 is 9.62 Å². The van der Waals surface area contributed by atoms with Gasteiger partial charge in [-0.2, -0.15) is 0 Å². The van der Waals surface area contributed by atoms with Crippen molar-refractivity contribution in [2.24, 2.45) is 0 Å². The lowest BCUT2D eigenvalue weighted by Crippen LogP contribution is -2.53. The smallest absolute Gasteiger partial charge is 0.244 e. The molecule has 0 saturated heterocycles. The molecule has 0 aliphatic rings. The zero-order chi connectivity index (χ0) is 27.7. The third-order valence-corrected chi connectivity index (χ3v) is 8.08. The first-order chi connectivity index (χ1) is 18.1. The molecule has 0 heterocycles. The van der Waals surface area contributed by atoms with Crippen LogP contribution in [0.2, 0.25) is 0 Å². The van der Waals surface area contributed by atoms with Gasteiger partial charge in [0.05, 0.1) is 11.9 Å². The quantitative estimate of drug-likeness (QED) is 0.291. The minimum absolute atomic E-state index is 0.140. The minimum Gasteiger partial charge on any atom is -0.354 e. The molecule has 0 aliphatic heterocycles. The van der Waals surface area contributed by atoms with E-state index in [9.17, 15) is 18.0 Å². The second-order valence-corrected chi connectivity index (χ2v) is 12.6. The number of hydrogen-bond acceptors (Lipinski definition) is 4. The fourth-order valence-corrected chi connectivity index (χ4v) is 5.31. The molecule has 1 atom stereocenters. The molecule has 0 saturated carbocycles. The van der Waals surface area contributed by atoms with Crippen molar-refractivity contribution in [3.05, 3.63) is 98.9 Å². The molecule has 0 bridgehead atoms. The Labute approximate surface area is 241 Å². The van der Waals surface area contributed by atoms with Crippen molar-refractivity contribution < 1.29 is 18.0 Å². The number of rotatable bonds is 12. The highest BCUT2D eigenvalue weighted by Crippen LogP contribution is 2.23. The Morgan fingerprint density at radius 2 is 1.45 bits per heavy atom. The number of carbonyl (C=O) groups is 2. The number of hydrogen-bond donors (Lipinski definition) is 1. The van der Waals surface area contributed by atoms with Gasteiger partial charge in [-0.3, -0.25) is 13.9 Å². The third-order valence-electron chi connectivity index (χ3n) is 5.88. The number of nitrogens with one attached hydrogen (secondary N) is 1. The van der Waals surface area contributed by atoms with Gasteiger partial charge in [0, 0.05) is 28.5 Å². The maximum Gasteiger partial charge on any atom is 0.244 e. The van der Waals surface area contributed by atoms with E-state index in [2.05, 4.69) is 37.2 Å². The molecule has 0 radical (unpaired) electrons. The molecule has 2 amide bonds. The molecule has 0 aliphatic carbocycles. The number of halogens is 2. The van der Waals surface area contributed by atoms with Crippen molar-refractivity contribution in [2.45, 2.75) is 32.4 Å². The van der Waals surface area contributed by atoms with Crippen LogP contribution in [0.15, 0.2) is 87.8 Å². The molecule has 7 nitrogen and oxygen atoms in total. The fraction of sp³-hybridized carbons (Fsp3) is 0.286. The molecule has 3 rings (SSSR count). The van der Waals surface area contributed by atoms with Crippen LogP contribution in [0.1, 0.15) is 24.5 Å². The number of anilines is 1. The molecule has 0 fully saturated rings. The third kappa shape index (κ3) is 8.68. The van der Waals surface area contributed by atoms with E-state index in [0.717, 1.165) is 37.1 Å². The topological polar surface area (TPSA) is 86.8 Å². The molecule has 202 valence electrons. The Morgan fingerprint density at radius 3 is 2.00 bits per heavy atom. The van der Waals surface area contributed by atoms with Crippen LogP contribution in [0.25, 0.3) is 0 Å². The average molecular weight is 665 g/mol. The number of benzene rings is 3. The summed E-state index contributed by atoms with van der Waals surface area (Å²) in [6.07, 6.45) is 2.10. The highest BCUT2D eigenvalue weighted by molar-refractivity contribution is 9.10. The first-order valence-corrected chi connectivity index (χ1v) is 15.6. The Hall–Kier alpha value is -2.69. The van der Waals surface area contributed by atoms with Crippen molar-refractivity contribution in [2.75, 3.05) is 23.7 Å². The van der Waals surface area contributed by atoms with Crippen molar-refractivity contribution in [1.82, 2.24) is 10.2 Å². The van der Waals surface area contributed by atoms with Crippen LogP contribution in [0.4, 0.5) is 5.69 Å². The van der Waals surface area contributed by atoms with Gasteiger partial charge in [-0.1, -0.05) is 81.2 Å². The van der Waals surface area contributed by atoms with Gasteiger partial charge in [0.15, 0.2) is 0 Å². The van der Waals surface area contributed by atoms with Crippen LogP contribution in [-0.2, 0) is 32.6 Å². The lowest BCUT2D eigenvalue weighted by molar-refractivity contribution is -0.140. The number of sulfonamides is 1. The summed E-state index contributed by atoms with van der Waals surface area (Å²) in [4.78, 5) is 28.9. The van der Waals surface area contributed by atoms with Crippen molar-refractivity contribution >= 4 is 59.4 Å². The Kier molecular flexibility index (Phi) is 10.9. The first-order valence-electron chi connectivity index (χ1n) is 12.2. The lowest BCUT2D eigenvalue weighted by Gasteiger charge is -2.33. The van der Waals surface area contributed by atoms with Gasteiger partial charge in [0.25, 0.3) is 0 Å². The van der Waals surface area contributed by atoms with Gasteiger partial charge in [0.2, 0.25) is 21.8 Å². The van der Waals surface area contributed by atoms with Crippen LogP contribution in [0, 0.1) is 0 Å². The Bertz CT molecular complexity index is 1320. The number of carbonyl (C=O) groups excluding carboxylic acids is 2. The zero-order valence-electron chi connectivity index (χ0n) is 21.3. The van der Waals surface area contributed by atoms with Gasteiger partial charge in [-0.05, 0) is 53.9 Å². The van der Waals surface area contributed by atoms with Crippen molar-refractivity contribution in [3.8, 4) is 0 Å². The van der Waals surface area contributed by atoms with E-state index in [1.54, 1.807) is 24.3 Å². The van der Waals surface area contributed by atoms with Crippen molar-refractivity contribution in [1.29, 1.82) is 0 Å². The molecular weight excluding hydrogens is 634 g/mol. The summed E-state index contributed by atoms with van der Waals surface area (Å²) in [5.41, 5.74) is 2.07. The largest absolute Gasteiger partial charge is 0.354 e. The van der Waals surface area contributed by atoms with Gasteiger partial charge < -0.3 is 10.2 Å². The zero-order valence-corrected chi connectivity index (χ0v) is 25.3. The molecule has 0 spiro atoms. The van der Waals surface area contributed by atoms with Gasteiger partial charge in [0.1, 0.15) is 12.6 Å². The van der Waals surface area contributed by atoms with Crippen molar-refractivity contribution in [3.63, 3.8) is 0 Å². The highest BCUT2D eigenvalue weighted by atomic mass is 79.9. The van der Waals surface area contributed by atoms with E-state index in [0.29, 0.717) is 12.2 Å². The predicted octanol–water partition coefficient (Wildman–Crippen LogP) is 5.14. The van der Waals surface area contributed by atoms with E-state index in [1.807, 2.05) is 61.5 Å². The fourth-order valence-electron chi connectivity index (χ4n) is 3.93. The summed E-state index contributed by atoms with van der Waals surface area (Å²) in [5.74, 6) is -0.760. The second kappa shape index (κ2) is 13.9. The average Bonchev–Trinajstić information content (AvgIpc) is 2.89. The molecule has 10 heteroatoms. The standard InChI is InChI=1S/C28H31Br2N3O4S/c1-3-17-31-28(35)26(18-21-7-5-4-6-8-21)32(19-22-9-11-23(29)12-10-22)27(34)20-33(38(2,36)37)25-15-13-24(30)14-16-25/h4-16,26H,3,17-20H2,1-2H3,(H,31,35)/t26-/m0/s1. The molecule has 3 aromatic rings. The van der Waals surface area contributed by atoms with Crippen LogP contribution >= 0.6 is 31.9 Å². The molecular formula is C28H31Br2N3O4S. The SMILES string of the molecule is CCCNC(=O)[C@H](Cc1ccccc1)N(Cc1ccc(Br)cc1)C(=O)CN(c1ccc(Br)cc1)S(C)(=O)=O. The second-order valence-electron chi connectivity index (χ2n) is 8.89. The van der Waals surface area contributed by atoms with E-state index in [1.165, 1.54) is 4.90 Å². The van der Waals surface area contributed by atoms with Gasteiger partial charge in [-0.15, -0.1) is 0 Å². The van der Waals surface area contributed by atoms with Crippen LogP contribution in [0.5, 0.6) is 0 Å². The maximum absolute atomic E-state index is 13.9. The number of nitrogens with zero attached hydrogens (tertiary/aromatic N) is 2. The van der Waals surface area contributed by atoms with Crippen LogP contribution in [0.3, 0.4) is 0 Å². The highest BCUT2D eigenvalue weighted by Gasteiger charge is 2.32. The van der Waals surface area contributed by atoms with E-state index in [4.69, 9.17) is 0 Å². The minimum atomic E-state index is -3.79. The predicted molar refractivity (Wildman–Crippen MR) is 158 cm³/mol. The molecule has 3 aromatic carbocycles. The Morgan fingerprint density at radius 1 is 0.868 bits per heavy atom. The van der Waals surface area contributed by atoms with Gasteiger partial charge in [-0.25, -0.2) is 8.42 Å². The summed E-state index contributed by atoms with van der Waals surface area (Å²) in [6, 6.07) is 22.8. The van der Waals surface area contributed by atoms with E-state index in [-0.39, 0.29) is 18.9 Å². The monoisotopic (exact) mass is 663 g/mol. The molecule has 0 unspecified atom stereocenters. The number of amides is 2. The normalized spacial score (nSPS) is 12.0. The summed E-state index contributed by atoms with van der Waals surface area (Å²) in [5, 5.41) is 2.93. The summed E-state index contributed by atoms with van der Waals surface area (Å²) < 4.78 is 28.3.